The summed E-state index contributed by atoms with van der Waals surface area (Å²) in [7, 11) is 5.54. The first-order valence-corrected chi connectivity index (χ1v) is 7.44. The summed E-state index contributed by atoms with van der Waals surface area (Å²) in [4.78, 5) is 34.9. The topological polar surface area (TPSA) is 66.5 Å². The van der Waals surface area contributed by atoms with Crippen LogP contribution in [-0.4, -0.2) is 50.9 Å². The van der Waals surface area contributed by atoms with Crippen molar-refractivity contribution in [2.45, 2.75) is 30.3 Å². The van der Waals surface area contributed by atoms with Crippen LogP contribution >= 0.6 is 12.6 Å². The Hall–Kier alpha value is -1.50. The van der Waals surface area contributed by atoms with Gasteiger partial charge in [-0.2, -0.15) is 0 Å². The highest BCUT2D eigenvalue weighted by Gasteiger charge is 2.16. The largest absolute Gasteiger partial charge is 0.323 e. The van der Waals surface area contributed by atoms with Crippen molar-refractivity contribution < 1.29 is 14.4 Å². The van der Waals surface area contributed by atoms with E-state index in [1.165, 1.54) is 0 Å². The first-order chi connectivity index (χ1) is 10.5. The van der Waals surface area contributed by atoms with Crippen molar-refractivity contribution in [1.82, 2.24) is 10.2 Å². The van der Waals surface area contributed by atoms with Gasteiger partial charge in [0.2, 0.25) is 0 Å². The molecule has 1 N–H and O–H groups in total. The number of benzene rings is 1. The van der Waals surface area contributed by atoms with Gasteiger partial charge in [-0.05, 0) is 39.2 Å². The molecule has 1 unspecified atom stereocenters. The van der Waals surface area contributed by atoms with Crippen LogP contribution in [0.3, 0.4) is 0 Å². The van der Waals surface area contributed by atoms with Crippen LogP contribution in [0.25, 0.3) is 0 Å². The lowest BCUT2D eigenvalue weighted by Crippen LogP contribution is -2.33. The van der Waals surface area contributed by atoms with Crippen LogP contribution in [0.15, 0.2) is 23.1 Å². The van der Waals surface area contributed by atoms with Gasteiger partial charge in [-0.3, -0.25) is 9.69 Å². The van der Waals surface area contributed by atoms with Gasteiger partial charge < -0.3 is 14.9 Å². The van der Waals surface area contributed by atoms with Gasteiger partial charge in [0.25, 0.3) is 0 Å². The van der Waals surface area contributed by atoms with Gasteiger partial charge in [0.05, 0.1) is 6.04 Å². The third-order valence-corrected chi connectivity index (χ3v) is 3.44. The fourth-order valence-electron chi connectivity index (χ4n) is 1.87. The molecule has 0 saturated carbocycles. The van der Waals surface area contributed by atoms with Gasteiger partial charge in [0.1, 0.15) is 18.9 Å². The smallest absolute Gasteiger partial charge is 0.150 e. The number of hydrogen-bond donors (Lipinski definition) is 2. The molecule has 122 valence electrons. The number of thiol groups is 1. The van der Waals surface area contributed by atoms with Crippen LogP contribution < -0.4 is 5.32 Å². The lowest BCUT2D eigenvalue weighted by atomic mass is 10.1. The summed E-state index contributed by atoms with van der Waals surface area (Å²) in [5.74, 6) is 0. The van der Waals surface area contributed by atoms with Crippen molar-refractivity contribution in [3.63, 3.8) is 0 Å². The van der Waals surface area contributed by atoms with Crippen LogP contribution in [0.4, 0.5) is 0 Å². The van der Waals surface area contributed by atoms with E-state index in [9.17, 15) is 14.4 Å². The maximum absolute atomic E-state index is 11.0. The van der Waals surface area contributed by atoms with E-state index in [4.69, 9.17) is 0 Å². The van der Waals surface area contributed by atoms with Crippen molar-refractivity contribution in [3.8, 4) is 0 Å². The van der Waals surface area contributed by atoms with Gasteiger partial charge >= 0.3 is 0 Å². The zero-order valence-corrected chi connectivity index (χ0v) is 14.2. The standard InChI is InChI=1S/C14H17NO3S.C2H7N/c1-15(12(10-18)5-3-7-16)8-13-11(9-17)4-2-6-14(13)19;1-3-2/h2,4,6-7,9-10,12,19H,3,5,8H2,1H3;3H,1-2H3. The maximum atomic E-state index is 11.0. The van der Waals surface area contributed by atoms with Gasteiger partial charge in [0.15, 0.2) is 0 Å². The van der Waals surface area contributed by atoms with Crippen molar-refractivity contribution >= 4 is 31.5 Å². The molecule has 1 atom stereocenters. The number of likely N-dealkylation sites (N-methyl/N-ethyl adjacent to an activating group) is 1. The first-order valence-electron chi connectivity index (χ1n) is 6.99. The van der Waals surface area contributed by atoms with Crippen molar-refractivity contribution in [2.24, 2.45) is 0 Å². The molecule has 0 aliphatic carbocycles. The summed E-state index contributed by atoms with van der Waals surface area (Å²) < 4.78 is 0. The van der Waals surface area contributed by atoms with Crippen LogP contribution in [0.2, 0.25) is 0 Å². The Balaban J connectivity index is 0.00000135. The molecule has 0 heterocycles. The summed E-state index contributed by atoms with van der Waals surface area (Å²) >= 11 is 4.33. The maximum Gasteiger partial charge on any atom is 0.150 e. The van der Waals surface area contributed by atoms with Crippen LogP contribution in [-0.2, 0) is 16.1 Å². The Bertz CT molecular complexity index is 480. The fourth-order valence-corrected chi connectivity index (χ4v) is 2.16. The highest BCUT2D eigenvalue weighted by Crippen LogP contribution is 2.20. The van der Waals surface area contributed by atoms with E-state index in [2.05, 4.69) is 17.9 Å². The lowest BCUT2D eigenvalue weighted by molar-refractivity contribution is -0.113. The number of hydrogen-bond acceptors (Lipinski definition) is 6. The van der Waals surface area contributed by atoms with Crippen molar-refractivity contribution in [1.29, 1.82) is 0 Å². The van der Waals surface area contributed by atoms with E-state index in [0.29, 0.717) is 24.9 Å². The van der Waals surface area contributed by atoms with E-state index in [1.807, 2.05) is 19.0 Å². The summed E-state index contributed by atoms with van der Waals surface area (Å²) in [6.07, 6.45) is 3.23. The Morgan fingerprint density at radius 1 is 1.27 bits per heavy atom. The van der Waals surface area contributed by atoms with Gasteiger partial charge in [-0.1, -0.05) is 12.1 Å². The SMILES string of the molecule is CN(Cc1c(S)cccc1C=O)C(C=O)CCC=O.CNC. The molecule has 0 amide bonds. The molecule has 22 heavy (non-hydrogen) atoms. The molecule has 1 rings (SSSR count). The van der Waals surface area contributed by atoms with E-state index in [-0.39, 0.29) is 6.04 Å². The number of rotatable bonds is 8. The number of nitrogens with one attached hydrogen (secondary N) is 1. The van der Waals surface area contributed by atoms with E-state index in [1.54, 1.807) is 25.2 Å². The molecule has 0 aromatic heterocycles. The minimum Gasteiger partial charge on any atom is -0.323 e. The van der Waals surface area contributed by atoms with Gasteiger partial charge in [-0.15, -0.1) is 12.6 Å². The van der Waals surface area contributed by atoms with Gasteiger partial charge in [-0.25, -0.2) is 0 Å². The summed E-state index contributed by atoms with van der Waals surface area (Å²) in [6.45, 7) is 0.440. The molecular formula is C16H24N2O3S. The molecule has 0 spiro atoms. The minimum absolute atomic E-state index is 0.336. The average Bonchev–Trinajstić information content (AvgIpc) is 2.51. The summed E-state index contributed by atoms with van der Waals surface area (Å²) in [5.41, 5.74) is 1.36. The summed E-state index contributed by atoms with van der Waals surface area (Å²) in [5, 5.41) is 2.75. The van der Waals surface area contributed by atoms with Crippen LogP contribution in [0.1, 0.15) is 28.8 Å². The van der Waals surface area contributed by atoms with Crippen molar-refractivity contribution in [2.75, 3.05) is 21.1 Å². The van der Waals surface area contributed by atoms with E-state index >= 15 is 0 Å². The van der Waals surface area contributed by atoms with Crippen molar-refractivity contribution in [3.05, 3.63) is 29.3 Å². The predicted octanol–water partition coefficient (Wildman–Crippen LogP) is 1.60. The Morgan fingerprint density at radius 3 is 2.41 bits per heavy atom. The Morgan fingerprint density at radius 2 is 1.91 bits per heavy atom. The fraction of sp³-hybridized carbons (Fsp3) is 0.438. The summed E-state index contributed by atoms with van der Waals surface area (Å²) in [6, 6.07) is 4.95. The lowest BCUT2D eigenvalue weighted by Gasteiger charge is -2.24. The molecule has 6 heteroatoms. The number of carbonyl (C=O) groups is 3. The van der Waals surface area contributed by atoms with Crippen LogP contribution in [0, 0.1) is 0 Å². The number of nitrogens with zero attached hydrogens (tertiary/aromatic N) is 1. The Labute approximate surface area is 137 Å². The second kappa shape index (κ2) is 12.1. The number of aldehydes is 3. The highest BCUT2D eigenvalue weighted by atomic mass is 32.1. The molecule has 1 aromatic carbocycles. The average molecular weight is 324 g/mol. The molecule has 0 aliphatic rings. The Kier molecular flexibility index (Phi) is 11.3. The molecule has 5 nitrogen and oxygen atoms in total. The van der Waals surface area contributed by atoms with E-state index in [0.717, 1.165) is 29.3 Å². The number of carbonyl (C=O) groups excluding carboxylic acids is 3. The molecular weight excluding hydrogens is 300 g/mol. The van der Waals surface area contributed by atoms with Crippen LogP contribution in [0.5, 0.6) is 0 Å². The first kappa shape index (κ1) is 20.5. The molecule has 1 aromatic rings. The van der Waals surface area contributed by atoms with Gasteiger partial charge in [0, 0.05) is 23.4 Å². The highest BCUT2D eigenvalue weighted by molar-refractivity contribution is 7.80. The molecule has 0 aliphatic heterocycles. The zero-order valence-electron chi connectivity index (χ0n) is 13.3. The normalized spacial score (nSPS) is 11.3. The second-order valence-corrected chi connectivity index (χ2v) is 5.31. The predicted molar refractivity (Wildman–Crippen MR) is 90.7 cm³/mol. The quantitative estimate of drug-likeness (QED) is 0.562. The third kappa shape index (κ3) is 6.98. The molecule has 0 bridgehead atoms. The zero-order chi connectivity index (χ0) is 17.0. The second-order valence-electron chi connectivity index (χ2n) is 4.83. The monoisotopic (exact) mass is 324 g/mol. The molecule has 0 saturated heterocycles. The third-order valence-electron chi connectivity index (χ3n) is 3.03. The molecule has 0 radical (unpaired) electrons. The van der Waals surface area contributed by atoms with E-state index < -0.39 is 0 Å². The minimum atomic E-state index is -0.336. The molecule has 0 fully saturated rings.